The van der Waals surface area contributed by atoms with E-state index in [-0.39, 0.29) is 11.4 Å². The summed E-state index contributed by atoms with van der Waals surface area (Å²) >= 11 is 0. The zero-order valence-corrected chi connectivity index (χ0v) is 12.8. The molecule has 1 fully saturated rings. The SMILES string of the molecule is CC1CCCN(C(=O)c2ccc(NC(C)(C)C)nn2)C1. The third-order valence-corrected chi connectivity index (χ3v) is 3.33. The van der Waals surface area contributed by atoms with Crippen molar-refractivity contribution in [3.63, 3.8) is 0 Å². The topological polar surface area (TPSA) is 58.1 Å². The number of aromatic nitrogens is 2. The molecule has 1 aliphatic rings. The zero-order valence-electron chi connectivity index (χ0n) is 12.8. The fourth-order valence-electron chi connectivity index (χ4n) is 2.43. The van der Waals surface area contributed by atoms with E-state index in [9.17, 15) is 4.79 Å². The number of piperidine rings is 1. The summed E-state index contributed by atoms with van der Waals surface area (Å²) < 4.78 is 0. The number of carbonyl (C=O) groups is 1. The third-order valence-electron chi connectivity index (χ3n) is 3.33. The minimum Gasteiger partial charge on any atom is -0.364 e. The Morgan fingerprint density at radius 3 is 2.65 bits per heavy atom. The lowest BCUT2D eigenvalue weighted by molar-refractivity contribution is 0.0676. The highest BCUT2D eigenvalue weighted by Crippen LogP contribution is 2.18. The van der Waals surface area contributed by atoms with Gasteiger partial charge in [-0.3, -0.25) is 4.79 Å². The minimum absolute atomic E-state index is 0.00800. The van der Waals surface area contributed by atoms with E-state index in [0.29, 0.717) is 17.4 Å². The maximum Gasteiger partial charge on any atom is 0.274 e. The molecule has 5 heteroatoms. The number of hydrogen-bond acceptors (Lipinski definition) is 4. The summed E-state index contributed by atoms with van der Waals surface area (Å²) in [5.41, 5.74) is 0.362. The standard InChI is InChI=1S/C15H24N4O/c1-11-6-5-9-19(10-11)14(20)12-7-8-13(18-17-12)16-15(2,3)4/h7-8,11H,5-6,9-10H2,1-4H3,(H,16,18). The van der Waals surface area contributed by atoms with Crippen LogP contribution in [0, 0.1) is 5.92 Å². The molecule has 1 atom stereocenters. The van der Waals surface area contributed by atoms with E-state index in [1.54, 1.807) is 6.07 Å². The van der Waals surface area contributed by atoms with Gasteiger partial charge >= 0.3 is 0 Å². The number of hydrogen-bond donors (Lipinski definition) is 1. The number of nitrogens with zero attached hydrogens (tertiary/aromatic N) is 3. The van der Waals surface area contributed by atoms with Gasteiger partial charge in [-0.1, -0.05) is 6.92 Å². The van der Waals surface area contributed by atoms with Crippen LogP contribution in [0.15, 0.2) is 12.1 Å². The summed E-state index contributed by atoms with van der Waals surface area (Å²) in [6, 6.07) is 3.57. The van der Waals surface area contributed by atoms with Gasteiger partial charge in [-0.15, -0.1) is 10.2 Å². The molecule has 20 heavy (non-hydrogen) atoms. The van der Waals surface area contributed by atoms with Crippen molar-refractivity contribution in [3.05, 3.63) is 17.8 Å². The molecule has 0 bridgehead atoms. The van der Waals surface area contributed by atoms with E-state index in [2.05, 4.69) is 43.2 Å². The van der Waals surface area contributed by atoms with Gasteiger partial charge in [0.2, 0.25) is 0 Å². The Labute approximate surface area is 120 Å². The fraction of sp³-hybridized carbons (Fsp3) is 0.667. The Kier molecular flexibility index (Phi) is 4.26. The molecular weight excluding hydrogens is 252 g/mol. The lowest BCUT2D eigenvalue weighted by Crippen LogP contribution is -2.39. The predicted molar refractivity (Wildman–Crippen MR) is 79.7 cm³/mol. The molecule has 1 aromatic rings. The molecule has 2 rings (SSSR count). The zero-order chi connectivity index (χ0) is 14.8. The Morgan fingerprint density at radius 1 is 1.35 bits per heavy atom. The van der Waals surface area contributed by atoms with Crippen molar-refractivity contribution in [1.82, 2.24) is 15.1 Å². The van der Waals surface area contributed by atoms with E-state index in [4.69, 9.17) is 0 Å². The first-order valence-corrected chi connectivity index (χ1v) is 7.26. The molecule has 110 valence electrons. The van der Waals surface area contributed by atoms with Crippen LogP contribution in [0.2, 0.25) is 0 Å². The first kappa shape index (κ1) is 14.8. The van der Waals surface area contributed by atoms with E-state index in [0.717, 1.165) is 19.5 Å². The molecule has 0 radical (unpaired) electrons. The van der Waals surface area contributed by atoms with Crippen LogP contribution in [-0.4, -0.2) is 39.6 Å². The van der Waals surface area contributed by atoms with Gasteiger partial charge in [0.15, 0.2) is 5.69 Å². The maximum atomic E-state index is 12.3. The van der Waals surface area contributed by atoms with Crippen LogP contribution >= 0.6 is 0 Å². The maximum absolute atomic E-state index is 12.3. The summed E-state index contributed by atoms with van der Waals surface area (Å²) in [7, 11) is 0. The molecular formula is C15H24N4O. The second-order valence-corrected chi connectivity index (χ2v) is 6.68. The number of nitrogens with one attached hydrogen (secondary N) is 1. The van der Waals surface area contributed by atoms with E-state index >= 15 is 0 Å². The smallest absolute Gasteiger partial charge is 0.274 e. The van der Waals surface area contributed by atoms with Gasteiger partial charge in [-0.05, 0) is 51.7 Å². The van der Waals surface area contributed by atoms with Crippen LogP contribution < -0.4 is 5.32 Å². The summed E-state index contributed by atoms with van der Waals surface area (Å²) in [5, 5.41) is 11.4. The van der Waals surface area contributed by atoms with Gasteiger partial charge in [0.05, 0.1) is 0 Å². The summed E-state index contributed by atoms with van der Waals surface area (Å²) in [4.78, 5) is 14.2. The number of anilines is 1. The van der Waals surface area contributed by atoms with Crippen LogP contribution in [0.25, 0.3) is 0 Å². The van der Waals surface area contributed by atoms with Gasteiger partial charge in [0, 0.05) is 18.6 Å². The van der Waals surface area contributed by atoms with Gasteiger partial charge in [-0.2, -0.15) is 0 Å². The highest BCUT2D eigenvalue weighted by atomic mass is 16.2. The first-order chi connectivity index (χ1) is 9.35. The molecule has 1 amide bonds. The van der Waals surface area contributed by atoms with Crippen molar-refractivity contribution in [2.24, 2.45) is 5.92 Å². The number of carbonyl (C=O) groups excluding carboxylic acids is 1. The molecule has 1 saturated heterocycles. The monoisotopic (exact) mass is 276 g/mol. The first-order valence-electron chi connectivity index (χ1n) is 7.26. The van der Waals surface area contributed by atoms with Gasteiger partial charge in [0.1, 0.15) is 5.82 Å². The van der Waals surface area contributed by atoms with E-state index < -0.39 is 0 Å². The average molecular weight is 276 g/mol. The molecule has 1 N–H and O–H groups in total. The van der Waals surface area contributed by atoms with Crippen LogP contribution in [0.1, 0.15) is 51.0 Å². The van der Waals surface area contributed by atoms with E-state index in [1.165, 1.54) is 6.42 Å². The van der Waals surface area contributed by atoms with Crippen molar-refractivity contribution < 1.29 is 4.79 Å². The lowest BCUT2D eigenvalue weighted by atomic mass is 10.00. The quantitative estimate of drug-likeness (QED) is 0.902. The molecule has 0 spiro atoms. The Bertz CT molecular complexity index is 464. The fourth-order valence-corrected chi connectivity index (χ4v) is 2.43. The Balaban J connectivity index is 2.04. The molecule has 0 saturated carbocycles. The Morgan fingerprint density at radius 2 is 2.10 bits per heavy atom. The van der Waals surface area contributed by atoms with Crippen LogP contribution in [0.3, 0.4) is 0 Å². The van der Waals surface area contributed by atoms with Crippen molar-refractivity contribution in [1.29, 1.82) is 0 Å². The van der Waals surface area contributed by atoms with Gasteiger partial charge in [-0.25, -0.2) is 0 Å². The predicted octanol–water partition coefficient (Wildman–Crippen LogP) is 2.56. The highest BCUT2D eigenvalue weighted by molar-refractivity contribution is 5.92. The molecule has 5 nitrogen and oxygen atoms in total. The summed E-state index contributed by atoms with van der Waals surface area (Å²) in [6.45, 7) is 10.0. The number of likely N-dealkylation sites (tertiary alicyclic amines) is 1. The Hall–Kier alpha value is -1.65. The van der Waals surface area contributed by atoms with Crippen LogP contribution in [0.4, 0.5) is 5.82 Å². The highest BCUT2D eigenvalue weighted by Gasteiger charge is 2.23. The number of amides is 1. The summed E-state index contributed by atoms with van der Waals surface area (Å²) in [6.07, 6.45) is 2.27. The largest absolute Gasteiger partial charge is 0.364 e. The summed E-state index contributed by atoms with van der Waals surface area (Å²) in [5.74, 6) is 1.26. The van der Waals surface area contributed by atoms with Crippen LogP contribution in [-0.2, 0) is 0 Å². The lowest BCUT2D eigenvalue weighted by Gasteiger charge is -2.30. The molecule has 2 heterocycles. The second-order valence-electron chi connectivity index (χ2n) is 6.68. The van der Waals surface area contributed by atoms with E-state index in [1.807, 2.05) is 11.0 Å². The van der Waals surface area contributed by atoms with Crippen molar-refractivity contribution in [2.75, 3.05) is 18.4 Å². The van der Waals surface area contributed by atoms with Crippen molar-refractivity contribution >= 4 is 11.7 Å². The molecule has 1 unspecified atom stereocenters. The minimum atomic E-state index is -0.0670. The van der Waals surface area contributed by atoms with Crippen LogP contribution in [0.5, 0.6) is 0 Å². The van der Waals surface area contributed by atoms with Crippen molar-refractivity contribution in [2.45, 2.75) is 46.1 Å². The van der Waals surface area contributed by atoms with Crippen molar-refractivity contribution in [3.8, 4) is 0 Å². The average Bonchev–Trinajstić information content (AvgIpc) is 2.37. The third kappa shape index (κ3) is 3.92. The number of rotatable bonds is 2. The molecule has 1 aliphatic heterocycles. The molecule has 1 aromatic heterocycles. The normalized spacial score (nSPS) is 19.8. The molecule has 0 aliphatic carbocycles. The van der Waals surface area contributed by atoms with Gasteiger partial charge in [0.25, 0.3) is 5.91 Å². The second kappa shape index (κ2) is 5.77. The van der Waals surface area contributed by atoms with Gasteiger partial charge < -0.3 is 10.2 Å². The molecule has 0 aromatic carbocycles.